The number of nitrogen functional groups attached to an aromatic ring is 1. The van der Waals surface area contributed by atoms with Crippen LogP contribution in [0.4, 0.5) is 15.8 Å². The molecule has 2 nitrogen and oxygen atoms in total. The van der Waals surface area contributed by atoms with Gasteiger partial charge < -0.3 is 11.1 Å². The quantitative estimate of drug-likeness (QED) is 0.499. The zero-order valence-electron chi connectivity index (χ0n) is 8.59. The van der Waals surface area contributed by atoms with Crippen molar-refractivity contribution in [2.45, 2.75) is 0 Å². The van der Waals surface area contributed by atoms with E-state index < -0.39 is 0 Å². The van der Waals surface area contributed by atoms with Crippen molar-refractivity contribution < 1.29 is 4.39 Å². The maximum Gasteiger partial charge on any atom is 0.139 e. The van der Waals surface area contributed by atoms with Gasteiger partial charge in [0.15, 0.2) is 0 Å². The highest BCUT2D eigenvalue weighted by Gasteiger charge is 2.04. The van der Waals surface area contributed by atoms with Crippen LogP contribution in [0.3, 0.4) is 0 Å². The summed E-state index contributed by atoms with van der Waals surface area (Å²) in [7, 11) is 0. The molecule has 0 fully saturated rings. The third-order valence-electron chi connectivity index (χ3n) is 1.84. The second-order valence-electron chi connectivity index (χ2n) is 3.04. The molecule has 0 unspecified atom stereocenters. The normalized spacial score (nSPS) is 9.81. The molecule has 3 N–H and O–H groups in total. The number of anilines is 2. The van der Waals surface area contributed by atoms with E-state index in [-0.39, 0.29) is 5.82 Å². The molecule has 1 aromatic carbocycles. The zero-order chi connectivity index (χ0) is 12.0. The van der Waals surface area contributed by atoms with Crippen LogP contribution in [-0.2, 0) is 0 Å². The minimum Gasteiger partial charge on any atom is -0.397 e. The first-order valence-electron chi connectivity index (χ1n) is 4.64. The Labute approximate surface area is 107 Å². The summed E-state index contributed by atoms with van der Waals surface area (Å²) in [6.07, 6.45) is 5.12. The van der Waals surface area contributed by atoms with Gasteiger partial charge in [0.25, 0.3) is 0 Å². The van der Waals surface area contributed by atoms with E-state index in [4.69, 9.17) is 12.2 Å². The first-order chi connectivity index (χ1) is 7.65. The highest BCUT2D eigenvalue weighted by Crippen LogP contribution is 2.26. The van der Waals surface area contributed by atoms with Crippen LogP contribution in [0.2, 0.25) is 0 Å². The molecule has 0 radical (unpaired) electrons. The maximum absolute atomic E-state index is 13.1. The fourth-order valence-corrected chi connectivity index (χ4v) is 1.96. The van der Waals surface area contributed by atoms with E-state index in [2.05, 4.69) is 27.2 Å². The number of thioether (sulfide) groups is 1. The molecule has 0 heterocycles. The van der Waals surface area contributed by atoms with Gasteiger partial charge in [-0.15, -0.1) is 18.2 Å². The molecule has 86 valence electrons. The van der Waals surface area contributed by atoms with Crippen molar-refractivity contribution in [2.24, 2.45) is 0 Å². The van der Waals surface area contributed by atoms with Crippen molar-refractivity contribution in [3.63, 3.8) is 0 Å². The second-order valence-corrected chi connectivity index (χ2v) is 5.00. The molecule has 0 spiro atoms. The van der Waals surface area contributed by atoms with Gasteiger partial charge in [0, 0.05) is 18.4 Å². The van der Waals surface area contributed by atoms with Gasteiger partial charge in [-0.1, -0.05) is 5.92 Å². The third-order valence-corrected chi connectivity index (χ3v) is 3.31. The maximum atomic E-state index is 13.1. The number of terminal acetylenes is 1. The molecule has 0 aliphatic carbocycles. The van der Waals surface area contributed by atoms with E-state index in [1.165, 1.54) is 6.07 Å². The average molecular weight is 303 g/mol. The van der Waals surface area contributed by atoms with Crippen molar-refractivity contribution in [1.29, 1.82) is 0 Å². The standard InChI is InChI=1S/C11H12BrFN2S/c1-2-4-16-5-3-15-11-6-8(12)9(13)7-10(11)14/h1,6-7,15H,3-5,14H2. The Hall–Kier alpha value is -0.860. The summed E-state index contributed by atoms with van der Waals surface area (Å²) in [5, 5.41) is 3.13. The van der Waals surface area contributed by atoms with Gasteiger partial charge in [-0.05, 0) is 22.0 Å². The van der Waals surface area contributed by atoms with E-state index in [1.807, 2.05) is 0 Å². The summed E-state index contributed by atoms with van der Waals surface area (Å²) in [6.45, 7) is 0.745. The number of halogens is 2. The van der Waals surface area contributed by atoms with Crippen molar-refractivity contribution >= 4 is 39.1 Å². The number of benzene rings is 1. The second kappa shape index (κ2) is 6.66. The van der Waals surface area contributed by atoms with Crippen LogP contribution < -0.4 is 11.1 Å². The first-order valence-corrected chi connectivity index (χ1v) is 6.59. The van der Waals surface area contributed by atoms with Gasteiger partial charge in [0.2, 0.25) is 0 Å². The predicted octanol–water partition coefficient (Wildman–Crippen LogP) is 2.95. The van der Waals surface area contributed by atoms with Gasteiger partial charge in [-0.3, -0.25) is 0 Å². The lowest BCUT2D eigenvalue weighted by atomic mass is 10.2. The van der Waals surface area contributed by atoms with Crippen molar-refractivity contribution in [3.8, 4) is 12.3 Å². The summed E-state index contributed by atoms with van der Waals surface area (Å²) < 4.78 is 13.5. The Bertz CT molecular complexity index is 404. The van der Waals surface area contributed by atoms with Crippen LogP contribution in [0.5, 0.6) is 0 Å². The van der Waals surface area contributed by atoms with E-state index in [1.54, 1.807) is 17.8 Å². The lowest BCUT2D eigenvalue weighted by Crippen LogP contribution is -2.07. The lowest BCUT2D eigenvalue weighted by molar-refractivity contribution is 0.622. The van der Waals surface area contributed by atoms with E-state index >= 15 is 0 Å². The fraction of sp³-hybridized carbons (Fsp3) is 0.273. The van der Waals surface area contributed by atoms with Crippen LogP contribution in [-0.4, -0.2) is 18.1 Å². The molecule has 0 saturated heterocycles. The molecule has 1 rings (SSSR count). The SMILES string of the molecule is C#CCSCCNc1cc(Br)c(F)cc1N. The summed E-state index contributed by atoms with van der Waals surface area (Å²) in [5.41, 5.74) is 6.81. The van der Waals surface area contributed by atoms with Crippen LogP contribution in [0.1, 0.15) is 0 Å². The van der Waals surface area contributed by atoms with Crippen LogP contribution in [0.25, 0.3) is 0 Å². The molecule has 0 amide bonds. The smallest absolute Gasteiger partial charge is 0.139 e. The summed E-state index contributed by atoms with van der Waals surface area (Å²) in [6, 6.07) is 2.93. The third kappa shape index (κ3) is 3.95. The van der Waals surface area contributed by atoms with E-state index in [0.29, 0.717) is 15.9 Å². The van der Waals surface area contributed by atoms with Crippen LogP contribution >= 0.6 is 27.7 Å². The molecule has 0 aromatic heterocycles. The summed E-state index contributed by atoms with van der Waals surface area (Å²) in [5.74, 6) is 3.78. The first kappa shape index (κ1) is 13.2. The summed E-state index contributed by atoms with van der Waals surface area (Å²) >= 11 is 4.77. The molecule has 0 bridgehead atoms. The van der Waals surface area contributed by atoms with Gasteiger partial charge in [0.05, 0.1) is 21.6 Å². The number of hydrogen-bond acceptors (Lipinski definition) is 3. The molecule has 5 heteroatoms. The Morgan fingerprint density at radius 1 is 1.56 bits per heavy atom. The molecule has 16 heavy (non-hydrogen) atoms. The number of nitrogens with two attached hydrogens (primary N) is 1. The average Bonchev–Trinajstić information content (AvgIpc) is 2.25. The van der Waals surface area contributed by atoms with E-state index in [9.17, 15) is 4.39 Å². The number of hydrogen-bond donors (Lipinski definition) is 2. The van der Waals surface area contributed by atoms with Crippen LogP contribution in [0, 0.1) is 18.2 Å². The molecular formula is C11H12BrFN2S. The fourth-order valence-electron chi connectivity index (χ4n) is 1.10. The molecule has 1 aromatic rings. The minimum atomic E-state index is -0.357. The van der Waals surface area contributed by atoms with Gasteiger partial charge in [0.1, 0.15) is 5.82 Å². The lowest BCUT2D eigenvalue weighted by Gasteiger charge is -2.09. The molecule has 0 saturated carbocycles. The monoisotopic (exact) mass is 302 g/mol. The van der Waals surface area contributed by atoms with Gasteiger partial charge in [-0.2, -0.15) is 0 Å². The zero-order valence-corrected chi connectivity index (χ0v) is 11.0. The topological polar surface area (TPSA) is 38.0 Å². The number of nitrogens with one attached hydrogen (secondary N) is 1. The van der Waals surface area contributed by atoms with Crippen LogP contribution in [0.15, 0.2) is 16.6 Å². The largest absolute Gasteiger partial charge is 0.397 e. The summed E-state index contributed by atoms with van der Waals surface area (Å²) in [4.78, 5) is 0. The molecule has 0 aliphatic rings. The highest BCUT2D eigenvalue weighted by atomic mass is 79.9. The Balaban J connectivity index is 2.48. The number of rotatable bonds is 5. The van der Waals surface area contributed by atoms with Crippen molar-refractivity contribution in [3.05, 3.63) is 22.4 Å². The Morgan fingerprint density at radius 2 is 2.31 bits per heavy atom. The Morgan fingerprint density at radius 3 is 3.00 bits per heavy atom. The molecular weight excluding hydrogens is 291 g/mol. The van der Waals surface area contributed by atoms with Gasteiger partial charge >= 0.3 is 0 Å². The van der Waals surface area contributed by atoms with Gasteiger partial charge in [-0.25, -0.2) is 4.39 Å². The predicted molar refractivity (Wildman–Crippen MR) is 73.2 cm³/mol. The highest BCUT2D eigenvalue weighted by molar-refractivity contribution is 9.10. The van der Waals surface area contributed by atoms with Crippen molar-refractivity contribution in [2.75, 3.05) is 29.1 Å². The molecule has 0 aliphatic heterocycles. The Kier molecular flexibility index (Phi) is 5.50. The van der Waals surface area contributed by atoms with Crippen molar-refractivity contribution in [1.82, 2.24) is 0 Å². The van der Waals surface area contributed by atoms with E-state index in [0.717, 1.165) is 18.0 Å². The minimum absolute atomic E-state index is 0.357. The molecule has 0 atom stereocenters.